The van der Waals surface area contributed by atoms with Gasteiger partial charge in [0.25, 0.3) is 0 Å². The van der Waals surface area contributed by atoms with Crippen molar-refractivity contribution >= 4 is 17.7 Å². The topological polar surface area (TPSA) is 49.3 Å². The lowest BCUT2D eigenvalue weighted by atomic mass is 10.2. The summed E-state index contributed by atoms with van der Waals surface area (Å²) in [5, 5.41) is 10.5. The summed E-state index contributed by atoms with van der Waals surface area (Å²) in [7, 11) is 0. The summed E-state index contributed by atoms with van der Waals surface area (Å²) in [6.45, 7) is -0.292. The number of alkyl halides is 2. The Balaban J connectivity index is 2.13. The third kappa shape index (κ3) is 3.11. The number of hydrogen-bond donors (Lipinski definition) is 2. The molecule has 0 spiro atoms. The standard InChI is InChI=1S/C7H11F2NO2S/c8-7(9,6(11)12)4-10-1-5-2-13-3-5/h5,10H,1-4H2,(H,11,12). The molecule has 6 heteroatoms. The molecule has 0 aliphatic carbocycles. The molecule has 0 radical (unpaired) electrons. The van der Waals surface area contributed by atoms with E-state index in [1.165, 1.54) is 0 Å². The van der Waals surface area contributed by atoms with Gasteiger partial charge in [-0.3, -0.25) is 0 Å². The van der Waals surface area contributed by atoms with Crippen molar-refractivity contribution in [3.63, 3.8) is 0 Å². The van der Waals surface area contributed by atoms with E-state index in [1.54, 1.807) is 11.8 Å². The van der Waals surface area contributed by atoms with Gasteiger partial charge < -0.3 is 10.4 Å². The van der Waals surface area contributed by atoms with Crippen LogP contribution in [-0.4, -0.2) is 41.6 Å². The molecule has 0 atom stereocenters. The van der Waals surface area contributed by atoms with Crippen molar-refractivity contribution in [2.45, 2.75) is 5.92 Å². The predicted octanol–water partition coefficient (Wildman–Crippen LogP) is 0.659. The van der Waals surface area contributed by atoms with Crippen LogP contribution in [0, 0.1) is 5.92 Å². The maximum absolute atomic E-state index is 12.5. The summed E-state index contributed by atoms with van der Waals surface area (Å²) < 4.78 is 24.9. The van der Waals surface area contributed by atoms with Crippen LogP contribution in [0.1, 0.15) is 0 Å². The fraction of sp³-hybridized carbons (Fsp3) is 0.857. The minimum absolute atomic E-state index is 0.426. The molecule has 0 saturated carbocycles. The summed E-state index contributed by atoms with van der Waals surface area (Å²) >= 11 is 1.77. The molecule has 1 rings (SSSR count). The average Bonchev–Trinajstić information content (AvgIpc) is 1.94. The molecule has 0 unspecified atom stereocenters. The molecule has 0 aromatic rings. The van der Waals surface area contributed by atoms with E-state index in [-0.39, 0.29) is 0 Å². The van der Waals surface area contributed by atoms with Crippen LogP contribution in [0.15, 0.2) is 0 Å². The molecule has 1 aliphatic rings. The Morgan fingerprint density at radius 2 is 2.23 bits per heavy atom. The van der Waals surface area contributed by atoms with E-state index in [0.717, 1.165) is 11.5 Å². The number of hydrogen-bond acceptors (Lipinski definition) is 3. The van der Waals surface area contributed by atoms with Crippen LogP contribution in [0.3, 0.4) is 0 Å². The first-order valence-electron chi connectivity index (χ1n) is 3.92. The van der Waals surface area contributed by atoms with Gasteiger partial charge in [-0.2, -0.15) is 20.5 Å². The van der Waals surface area contributed by atoms with Gasteiger partial charge in [-0.25, -0.2) is 4.79 Å². The molecular formula is C7H11F2NO2S. The molecule has 0 aromatic carbocycles. The van der Waals surface area contributed by atoms with Gasteiger partial charge in [-0.05, 0) is 24.0 Å². The van der Waals surface area contributed by atoms with Crippen LogP contribution >= 0.6 is 11.8 Å². The highest BCUT2D eigenvalue weighted by molar-refractivity contribution is 8.00. The van der Waals surface area contributed by atoms with E-state index in [1.807, 2.05) is 0 Å². The first kappa shape index (κ1) is 10.7. The molecule has 1 heterocycles. The highest BCUT2D eigenvalue weighted by Crippen LogP contribution is 2.23. The molecular weight excluding hydrogens is 200 g/mol. The summed E-state index contributed by atoms with van der Waals surface area (Å²) in [6.07, 6.45) is 0. The fourth-order valence-electron chi connectivity index (χ4n) is 0.911. The third-order valence-corrected chi connectivity index (χ3v) is 3.21. The number of rotatable bonds is 5. The van der Waals surface area contributed by atoms with E-state index in [9.17, 15) is 13.6 Å². The second-order valence-corrected chi connectivity index (χ2v) is 4.12. The zero-order chi connectivity index (χ0) is 9.90. The molecule has 1 fully saturated rings. The Labute approximate surface area is 78.9 Å². The number of carbonyl (C=O) groups is 1. The van der Waals surface area contributed by atoms with Crippen LogP contribution in [0.25, 0.3) is 0 Å². The number of thioether (sulfide) groups is 1. The van der Waals surface area contributed by atoms with Crippen molar-refractivity contribution in [2.24, 2.45) is 5.92 Å². The zero-order valence-electron chi connectivity index (χ0n) is 6.93. The third-order valence-electron chi connectivity index (χ3n) is 1.80. The number of aliphatic carboxylic acids is 1. The molecule has 0 amide bonds. The molecule has 3 nitrogen and oxygen atoms in total. The summed E-state index contributed by atoms with van der Waals surface area (Å²) in [5.41, 5.74) is 0. The predicted molar refractivity (Wildman–Crippen MR) is 46.3 cm³/mol. The minimum Gasteiger partial charge on any atom is -0.477 e. The lowest BCUT2D eigenvalue weighted by molar-refractivity contribution is -0.164. The van der Waals surface area contributed by atoms with Gasteiger partial charge in [0.1, 0.15) is 0 Å². The van der Waals surface area contributed by atoms with E-state index < -0.39 is 18.4 Å². The van der Waals surface area contributed by atoms with E-state index in [0.29, 0.717) is 12.5 Å². The zero-order valence-corrected chi connectivity index (χ0v) is 7.74. The number of carboxylic acid groups (broad SMARTS) is 1. The lowest BCUT2D eigenvalue weighted by Gasteiger charge is -2.25. The second-order valence-electron chi connectivity index (χ2n) is 3.04. The quantitative estimate of drug-likeness (QED) is 0.701. The van der Waals surface area contributed by atoms with Crippen LogP contribution in [0.5, 0.6) is 0 Å². The number of halogens is 2. The number of nitrogens with one attached hydrogen (secondary N) is 1. The number of carboxylic acids is 1. The smallest absolute Gasteiger partial charge is 0.375 e. The Morgan fingerprint density at radius 3 is 2.62 bits per heavy atom. The average molecular weight is 211 g/mol. The normalized spacial score (nSPS) is 18.3. The van der Waals surface area contributed by atoms with Crippen molar-refractivity contribution < 1.29 is 18.7 Å². The second kappa shape index (κ2) is 4.23. The highest BCUT2D eigenvalue weighted by Gasteiger charge is 2.38. The molecule has 2 N–H and O–H groups in total. The van der Waals surface area contributed by atoms with Gasteiger partial charge >= 0.3 is 11.9 Å². The Hall–Kier alpha value is -0.360. The van der Waals surface area contributed by atoms with E-state index >= 15 is 0 Å². The molecule has 0 aromatic heterocycles. The van der Waals surface area contributed by atoms with Gasteiger partial charge in [0, 0.05) is 0 Å². The Kier molecular flexibility index (Phi) is 3.49. The van der Waals surface area contributed by atoms with Gasteiger partial charge in [-0.1, -0.05) is 0 Å². The summed E-state index contributed by atoms with van der Waals surface area (Å²) in [4.78, 5) is 9.99. The van der Waals surface area contributed by atoms with Gasteiger partial charge in [-0.15, -0.1) is 0 Å². The summed E-state index contributed by atoms with van der Waals surface area (Å²) in [6, 6.07) is 0. The molecule has 1 aliphatic heterocycles. The first-order chi connectivity index (χ1) is 6.02. The van der Waals surface area contributed by atoms with Crippen molar-refractivity contribution in [1.82, 2.24) is 5.32 Å². The lowest BCUT2D eigenvalue weighted by Crippen LogP contribution is -2.42. The SMILES string of the molecule is O=C(O)C(F)(F)CNCC1CSC1. The van der Waals surface area contributed by atoms with Crippen LogP contribution in [0.2, 0.25) is 0 Å². The minimum atomic E-state index is -3.64. The van der Waals surface area contributed by atoms with Gasteiger partial charge in [0.15, 0.2) is 0 Å². The van der Waals surface area contributed by atoms with E-state index in [4.69, 9.17) is 5.11 Å². The van der Waals surface area contributed by atoms with Crippen molar-refractivity contribution in [1.29, 1.82) is 0 Å². The first-order valence-corrected chi connectivity index (χ1v) is 5.07. The van der Waals surface area contributed by atoms with Crippen LogP contribution in [-0.2, 0) is 4.79 Å². The van der Waals surface area contributed by atoms with Crippen LogP contribution in [0.4, 0.5) is 8.78 Å². The van der Waals surface area contributed by atoms with Gasteiger partial charge in [0.05, 0.1) is 6.54 Å². The maximum Gasteiger partial charge on any atom is 0.375 e. The van der Waals surface area contributed by atoms with Gasteiger partial charge in [0.2, 0.25) is 0 Å². The monoisotopic (exact) mass is 211 g/mol. The van der Waals surface area contributed by atoms with E-state index in [2.05, 4.69) is 5.32 Å². The van der Waals surface area contributed by atoms with Crippen molar-refractivity contribution in [3.05, 3.63) is 0 Å². The summed E-state index contributed by atoms with van der Waals surface area (Å²) in [5.74, 6) is -3.33. The van der Waals surface area contributed by atoms with Crippen molar-refractivity contribution in [3.8, 4) is 0 Å². The molecule has 76 valence electrons. The van der Waals surface area contributed by atoms with Crippen LogP contribution < -0.4 is 5.32 Å². The van der Waals surface area contributed by atoms with Crippen molar-refractivity contribution in [2.75, 3.05) is 24.6 Å². The maximum atomic E-state index is 12.5. The Bertz CT molecular complexity index is 197. The largest absolute Gasteiger partial charge is 0.477 e. The molecule has 1 saturated heterocycles. The molecule has 0 bridgehead atoms. The molecule has 13 heavy (non-hydrogen) atoms. The fourth-order valence-corrected chi connectivity index (χ4v) is 1.72. The Morgan fingerprint density at radius 1 is 1.62 bits per heavy atom. The highest BCUT2D eigenvalue weighted by atomic mass is 32.2.